The number of sulfonamides is 1. The van der Waals surface area contributed by atoms with E-state index in [2.05, 4.69) is 9.82 Å². The van der Waals surface area contributed by atoms with Gasteiger partial charge in [-0.15, -0.1) is 11.3 Å². The zero-order valence-corrected chi connectivity index (χ0v) is 17.5. The molecule has 3 aromatic rings. The van der Waals surface area contributed by atoms with Crippen molar-refractivity contribution in [2.45, 2.75) is 49.5 Å². The Kier molecular flexibility index (Phi) is 5.41. The first-order chi connectivity index (χ1) is 13.8. The third-order valence-corrected chi connectivity index (χ3v) is 7.98. The van der Waals surface area contributed by atoms with Crippen LogP contribution in [0.15, 0.2) is 45.4 Å². The lowest BCUT2D eigenvalue weighted by Crippen LogP contribution is -2.35. The van der Waals surface area contributed by atoms with E-state index in [-0.39, 0.29) is 24.1 Å². The van der Waals surface area contributed by atoms with E-state index in [1.807, 2.05) is 6.92 Å². The first-order valence-corrected chi connectivity index (χ1v) is 11.6. The van der Waals surface area contributed by atoms with Crippen molar-refractivity contribution in [3.05, 3.63) is 69.0 Å². The molecular formula is C19H21FN4O3S2. The minimum Gasteiger partial charge on any atom is -0.279 e. The van der Waals surface area contributed by atoms with Crippen LogP contribution in [0, 0.1) is 12.7 Å². The van der Waals surface area contributed by atoms with E-state index in [4.69, 9.17) is 0 Å². The van der Waals surface area contributed by atoms with Crippen LogP contribution in [0.3, 0.4) is 0 Å². The summed E-state index contributed by atoms with van der Waals surface area (Å²) >= 11 is 1.24. The van der Waals surface area contributed by atoms with Crippen molar-refractivity contribution in [3.8, 4) is 0 Å². The number of thiophene rings is 1. The Morgan fingerprint density at radius 1 is 1.21 bits per heavy atom. The highest BCUT2D eigenvalue weighted by atomic mass is 32.2. The van der Waals surface area contributed by atoms with Gasteiger partial charge in [-0.1, -0.05) is 12.1 Å². The molecule has 3 heterocycles. The molecular weight excluding hydrogens is 415 g/mol. The summed E-state index contributed by atoms with van der Waals surface area (Å²) in [6.45, 7) is 2.53. The molecule has 0 radical (unpaired) electrons. The van der Waals surface area contributed by atoms with E-state index in [9.17, 15) is 17.6 Å². The molecule has 7 nitrogen and oxygen atoms in total. The zero-order valence-electron chi connectivity index (χ0n) is 15.8. The fraction of sp³-hybridized carbons (Fsp3) is 0.368. The second-order valence-electron chi connectivity index (χ2n) is 7.15. The molecule has 0 aliphatic carbocycles. The van der Waals surface area contributed by atoms with Crippen molar-refractivity contribution in [1.29, 1.82) is 0 Å². The van der Waals surface area contributed by atoms with Gasteiger partial charge in [-0.3, -0.25) is 4.57 Å². The molecule has 0 saturated heterocycles. The van der Waals surface area contributed by atoms with Gasteiger partial charge in [-0.25, -0.2) is 27.0 Å². The van der Waals surface area contributed by atoms with E-state index >= 15 is 0 Å². The summed E-state index contributed by atoms with van der Waals surface area (Å²) in [6.07, 6.45) is 1.58. The maximum absolute atomic E-state index is 13.1. The lowest BCUT2D eigenvalue weighted by atomic mass is 10.1. The van der Waals surface area contributed by atoms with E-state index in [1.54, 1.807) is 28.8 Å². The summed E-state index contributed by atoms with van der Waals surface area (Å²) in [5, 5.41) is 4.42. The molecule has 1 aliphatic rings. The molecule has 0 bridgehead atoms. The number of benzene rings is 1. The number of fused-ring (bicyclic) bond motifs is 1. The van der Waals surface area contributed by atoms with Crippen LogP contribution in [-0.2, 0) is 29.5 Å². The smallest absolute Gasteiger partial charge is 0.279 e. The normalized spacial score (nSPS) is 17.1. The molecule has 4 rings (SSSR count). The summed E-state index contributed by atoms with van der Waals surface area (Å²) < 4.78 is 44.3. The van der Waals surface area contributed by atoms with E-state index < -0.39 is 10.0 Å². The van der Waals surface area contributed by atoms with Gasteiger partial charge in [0.1, 0.15) is 15.9 Å². The molecule has 1 atom stereocenters. The number of hydrogen-bond acceptors (Lipinski definition) is 5. The number of nitrogens with zero attached hydrogens (tertiary/aromatic N) is 3. The summed E-state index contributed by atoms with van der Waals surface area (Å²) in [6, 6.07) is 9.10. The molecule has 1 N–H and O–H groups in total. The Morgan fingerprint density at radius 2 is 1.97 bits per heavy atom. The van der Waals surface area contributed by atoms with Gasteiger partial charge in [0, 0.05) is 23.9 Å². The van der Waals surface area contributed by atoms with Crippen LogP contribution in [-0.4, -0.2) is 28.8 Å². The average Bonchev–Trinajstić information content (AvgIpc) is 3.18. The number of halogens is 1. The Balaban J connectivity index is 1.46. The summed E-state index contributed by atoms with van der Waals surface area (Å²) in [4.78, 5) is 13.6. The summed E-state index contributed by atoms with van der Waals surface area (Å²) in [7, 11) is -3.56. The number of rotatable bonds is 5. The topological polar surface area (TPSA) is 86.0 Å². The largest absolute Gasteiger partial charge is 0.346 e. The Morgan fingerprint density at radius 3 is 2.66 bits per heavy atom. The van der Waals surface area contributed by atoms with Crippen LogP contribution in [0.25, 0.3) is 0 Å². The monoisotopic (exact) mass is 436 g/mol. The average molecular weight is 437 g/mol. The van der Waals surface area contributed by atoms with Crippen LogP contribution in [0.1, 0.15) is 29.1 Å². The van der Waals surface area contributed by atoms with Crippen molar-refractivity contribution in [2.24, 2.45) is 0 Å². The van der Waals surface area contributed by atoms with Gasteiger partial charge in [0.25, 0.3) is 0 Å². The quantitative estimate of drug-likeness (QED) is 0.665. The lowest BCUT2D eigenvalue weighted by Gasteiger charge is -2.15. The van der Waals surface area contributed by atoms with Gasteiger partial charge in [0.2, 0.25) is 10.0 Å². The van der Waals surface area contributed by atoms with Gasteiger partial charge < -0.3 is 0 Å². The number of nitrogens with one attached hydrogen (secondary N) is 1. The fourth-order valence-corrected chi connectivity index (χ4v) is 6.05. The minimum atomic E-state index is -3.56. The molecule has 1 unspecified atom stereocenters. The van der Waals surface area contributed by atoms with Crippen molar-refractivity contribution in [2.75, 3.05) is 0 Å². The van der Waals surface area contributed by atoms with Crippen LogP contribution in [0.4, 0.5) is 4.39 Å². The molecule has 29 heavy (non-hydrogen) atoms. The number of aromatic nitrogens is 3. The first-order valence-electron chi connectivity index (χ1n) is 9.31. The van der Waals surface area contributed by atoms with Crippen LogP contribution < -0.4 is 10.4 Å². The molecule has 10 heteroatoms. The number of hydrogen-bond donors (Lipinski definition) is 1. The van der Waals surface area contributed by atoms with Gasteiger partial charge in [0.05, 0.1) is 6.54 Å². The van der Waals surface area contributed by atoms with Crippen molar-refractivity contribution in [1.82, 2.24) is 19.1 Å². The second-order valence-corrected chi connectivity index (χ2v) is 10.4. The predicted octanol–water partition coefficient (Wildman–Crippen LogP) is 2.29. The third-order valence-electron chi connectivity index (χ3n) is 4.96. The molecule has 0 spiro atoms. The van der Waals surface area contributed by atoms with Crippen molar-refractivity contribution < 1.29 is 12.8 Å². The fourth-order valence-electron chi connectivity index (χ4n) is 3.45. The van der Waals surface area contributed by atoms with Crippen LogP contribution in [0.2, 0.25) is 0 Å². The lowest BCUT2D eigenvalue weighted by molar-refractivity contribution is 0.488. The standard InChI is InChI=1S/C19H21FN4O3S2/c1-13-2-9-18(28-13)29(26,27)22-16-7-8-17-21-24(19(25)23(17)11-10-16)12-14-3-5-15(20)6-4-14/h2-6,9,16,22H,7-8,10-12H2,1H3. The zero-order chi connectivity index (χ0) is 20.6. The van der Waals surface area contributed by atoms with Gasteiger partial charge in [0.15, 0.2) is 0 Å². The van der Waals surface area contributed by atoms with Crippen molar-refractivity contribution in [3.63, 3.8) is 0 Å². The molecule has 1 aromatic carbocycles. The second kappa shape index (κ2) is 7.85. The van der Waals surface area contributed by atoms with Crippen LogP contribution in [0.5, 0.6) is 0 Å². The Hall–Kier alpha value is -2.30. The number of aryl methyl sites for hydroxylation is 2. The highest BCUT2D eigenvalue weighted by Gasteiger charge is 2.26. The molecule has 154 valence electrons. The molecule has 1 aliphatic heterocycles. The third kappa shape index (κ3) is 4.34. The molecule has 0 fully saturated rings. The Bertz CT molecular complexity index is 1180. The van der Waals surface area contributed by atoms with E-state index in [1.165, 1.54) is 28.2 Å². The SMILES string of the molecule is Cc1ccc(S(=O)(=O)NC2CCc3nn(Cc4ccc(F)cc4)c(=O)n3CC2)s1. The summed E-state index contributed by atoms with van der Waals surface area (Å²) in [5.41, 5.74) is 0.556. The molecule has 0 amide bonds. The highest BCUT2D eigenvalue weighted by molar-refractivity contribution is 7.91. The minimum absolute atomic E-state index is 0.235. The van der Waals surface area contributed by atoms with Crippen LogP contribution >= 0.6 is 11.3 Å². The molecule has 0 saturated carbocycles. The Labute approximate surface area is 171 Å². The van der Waals surface area contributed by atoms with E-state index in [0.29, 0.717) is 35.8 Å². The van der Waals surface area contributed by atoms with Gasteiger partial charge in [-0.05, 0) is 49.6 Å². The van der Waals surface area contributed by atoms with Gasteiger partial charge in [-0.2, -0.15) is 5.10 Å². The summed E-state index contributed by atoms with van der Waals surface area (Å²) in [5.74, 6) is 0.318. The highest BCUT2D eigenvalue weighted by Crippen LogP contribution is 2.22. The molecule has 2 aromatic heterocycles. The van der Waals surface area contributed by atoms with E-state index in [0.717, 1.165) is 10.4 Å². The maximum Gasteiger partial charge on any atom is 0.346 e. The van der Waals surface area contributed by atoms with Crippen molar-refractivity contribution >= 4 is 21.4 Å². The first kappa shape index (κ1) is 20.0. The maximum atomic E-state index is 13.1. The van der Waals surface area contributed by atoms with Gasteiger partial charge >= 0.3 is 5.69 Å². The predicted molar refractivity (Wildman–Crippen MR) is 108 cm³/mol.